The van der Waals surface area contributed by atoms with Gasteiger partial charge in [0.1, 0.15) is 0 Å². The molecule has 0 heteroatoms. The maximum Gasteiger partial charge on any atom is -0.0351 e. The van der Waals surface area contributed by atoms with E-state index in [0.717, 1.165) is 11.8 Å². The molecular weight excluding hydrogens is 120 g/mol. The van der Waals surface area contributed by atoms with Crippen LogP contribution in [0.3, 0.4) is 0 Å². The van der Waals surface area contributed by atoms with Crippen LogP contribution >= 0.6 is 0 Å². The Morgan fingerprint density at radius 1 is 1.50 bits per heavy atom. The molecular formula is C10H18. The van der Waals surface area contributed by atoms with Gasteiger partial charge in [0.15, 0.2) is 0 Å². The summed E-state index contributed by atoms with van der Waals surface area (Å²) in [4.78, 5) is 0. The predicted molar refractivity (Wildman–Crippen MR) is 45.9 cm³/mol. The summed E-state index contributed by atoms with van der Waals surface area (Å²) in [5.41, 5.74) is 0. The van der Waals surface area contributed by atoms with Gasteiger partial charge in [-0.15, -0.1) is 0 Å². The number of hydrogen-bond donors (Lipinski definition) is 0. The van der Waals surface area contributed by atoms with E-state index in [-0.39, 0.29) is 0 Å². The number of unbranched alkanes of at least 4 members (excludes halogenated alkanes) is 1. The summed E-state index contributed by atoms with van der Waals surface area (Å²) in [5.74, 6) is 2.14. The Kier molecular flexibility index (Phi) is 2.98. The second-order valence-corrected chi connectivity index (χ2v) is 3.47. The normalized spacial score (nSPS) is 31.4. The van der Waals surface area contributed by atoms with E-state index in [1.54, 1.807) is 0 Å². The highest BCUT2D eigenvalue weighted by atomic mass is 14.4. The number of rotatable bonds is 4. The molecule has 1 rings (SSSR count). The van der Waals surface area contributed by atoms with Gasteiger partial charge in [-0.1, -0.05) is 19.1 Å². The van der Waals surface area contributed by atoms with Gasteiger partial charge in [-0.05, 0) is 44.4 Å². The molecule has 0 aliphatic heterocycles. The predicted octanol–water partition coefficient (Wildman–Crippen LogP) is 3.39. The number of allylic oxidation sites excluding steroid dienone is 2. The van der Waals surface area contributed by atoms with Crippen molar-refractivity contribution in [1.29, 1.82) is 0 Å². The van der Waals surface area contributed by atoms with Crippen LogP contribution in [0, 0.1) is 11.8 Å². The van der Waals surface area contributed by atoms with Crippen molar-refractivity contribution in [2.75, 3.05) is 0 Å². The van der Waals surface area contributed by atoms with E-state index in [1.165, 1.54) is 25.7 Å². The smallest absolute Gasteiger partial charge is 0.0351 e. The summed E-state index contributed by atoms with van der Waals surface area (Å²) in [6, 6.07) is 0. The Hall–Kier alpha value is -0.260. The molecule has 0 amide bonds. The summed E-state index contributed by atoms with van der Waals surface area (Å²) < 4.78 is 0. The Morgan fingerprint density at radius 2 is 2.20 bits per heavy atom. The third-order valence-electron chi connectivity index (χ3n) is 2.46. The summed E-state index contributed by atoms with van der Waals surface area (Å²) in [7, 11) is 0. The fourth-order valence-corrected chi connectivity index (χ4v) is 1.47. The molecule has 0 saturated heterocycles. The van der Waals surface area contributed by atoms with Gasteiger partial charge in [-0.2, -0.15) is 0 Å². The molecule has 2 atom stereocenters. The van der Waals surface area contributed by atoms with E-state index in [1.807, 2.05) is 0 Å². The van der Waals surface area contributed by atoms with Crippen molar-refractivity contribution in [3.8, 4) is 0 Å². The maximum atomic E-state index is 2.36. The molecule has 1 fully saturated rings. The zero-order valence-corrected chi connectivity index (χ0v) is 7.14. The summed E-state index contributed by atoms with van der Waals surface area (Å²) in [6.45, 7) is 4.46. The molecule has 58 valence electrons. The Morgan fingerprint density at radius 3 is 2.70 bits per heavy atom. The van der Waals surface area contributed by atoms with Crippen LogP contribution in [0.5, 0.6) is 0 Å². The Labute approximate surface area is 64.3 Å². The SMILES string of the molecule is C/C=C/CCCC1CC1C. The van der Waals surface area contributed by atoms with Crippen LogP contribution < -0.4 is 0 Å². The second-order valence-electron chi connectivity index (χ2n) is 3.47. The minimum Gasteiger partial charge on any atom is -0.0917 e. The van der Waals surface area contributed by atoms with Gasteiger partial charge in [-0.3, -0.25) is 0 Å². The van der Waals surface area contributed by atoms with Crippen LogP contribution in [0.4, 0.5) is 0 Å². The molecule has 10 heavy (non-hydrogen) atoms. The summed E-state index contributed by atoms with van der Waals surface area (Å²) >= 11 is 0. The third kappa shape index (κ3) is 2.55. The van der Waals surface area contributed by atoms with E-state index < -0.39 is 0 Å². The van der Waals surface area contributed by atoms with Gasteiger partial charge < -0.3 is 0 Å². The minimum absolute atomic E-state index is 1.05. The zero-order chi connectivity index (χ0) is 7.40. The van der Waals surface area contributed by atoms with Crippen molar-refractivity contribution < 1.29 is 0 Å². The highest BCUT2D eigenvalue weighted by Crippen LogP contribution is 2.41. The van der Waals surface area contributed by atoms with Gasteiger partial charge >= 0.3 is 0 Å². The van der Waals surface area contributed by atoms with Crippen molar-refractivity contribution in [3.63, 3.8) is 0 Å². The van der Waals surface area contributed by atoms with Gasteiger partial charge in [0.25, 0.3) is 0 Å². The molecule has 0 aromatic carbocycles. The molecule has 0 radical (unpaired) electrons. The zero-order valence-electron chi connectivity index (χ0n) is 7.14. The second kappa shape index (κ2) is 3.80. The van der Waals surface area contributed by atoms with Crippen molar-refractivity contribution >= 4 is 0 Å². The molecule has 0 spiro atoms. The minimum atomic E-state index is 1.05. The lowest BCUT2D eigenvalue weighted by molar-refractivity contribution is 0.635. The van der Waals surface area contributed by atoms with E-state index in [2.05, 4.69) is 26.0 Å². The molecule has 1 aliphatic rings. The first kappa shape index (κ1) is 7.84. The lowest BCUT2D eigenvalue weighted by Crippen LogP contribution is -1.78. The average molecular weight is 138 g/mol. The highest BCUT2D eigenvalue weighted by Gasteiger charge is 2.30. The summed E-state index contributed by atoms with van der Waals surface area (Å²) in [6.07, 6.45) is 10.1. The van der Waals surface area contributed by atoms with E-state index in [9.17, 15) is 0 Å². The van der Waals surface area contributed by atoms with Crippen molar-refractivity contribution in [2.24, 2.45) is 11.8 Å². The van der Waals surface area contributed by atoms with E-state index in [4.69, 9.17) is 0 Å². The first-order valence-corrected chi connectivity index (χ1v) is 4.45. The van der Waals surface area contributed by atoms with Gasteiger partial charge in [0.05, 0.1) is 0 Å². The monoisotopic (exact) mass is 138 g/mol. The van der Waals surface area contributed by atoms with Crippen LogP contribution in [0.2, 0.25) is 0 Å². The lowest BCUT2D eigenvalue weighted by Gasteiger charge is -1.93. The first-order valence-electron chi connectivity index (χ1n) is 4.45. The van der Waals surface area contributed by atoms with E-state index >= 15 is 0 Å². The Balaban J connectivity index is 1.87. The molecule has 0 N–H and O–H groups in total. The standard InChI is InChI=1S/C10H18/c1-3-4-5-6-7-10-8-9(10)2/h3-4,9-10H,5-8H2,1-2H3/b4-3+. The van der Waals surface area contributed by atoms with Crippen molar-refractivity contribution in [1.82, 2.24) is 0 Å². The molecule has 0 aromatic rings. The highest BCUT2D eigenvalue weighted by molar-refractivity contribution is 4.84. The van der Waals surface area contributed by atoms with Crippen LogP contribution in [-0.4, -0.2) is 0 Å². The average Bonchev–Trinajstić information content (AvgIpc) is 2.60. The first-order chi connectivity index (χ1) is 4.84. The number of hydrogen-bond acceptors (Lipinski definition) is 0. The van der Waals surface area contributed by atoms with Crippen molar-refractivity contribution in [3.05, 3.63) is 12.2 Å². The fourth-order valence-electron chi connectivity index (χ4n) is 1.47. The maximum absolute atomic E-state index is 2.36. The van der Waals surface area contributed by atoms with Gasteiger partial charge in [0, 0.05) is 0 Å². The van der Waals surface area contributed by atoms with Gasteiger partial charge in [-0.25, -0.2) is 0 Å². The molecule has 2 unspecified atom stereocenters. The largest absolute Gasteiger partial charge is 0.0917 e. The molecule has 0 nitrogen and oxygen atoms in total. The lowest BCUT2D eigenvalue weighted by atomic mass is 10.1. The van der Waals surface area contributed by atoms with Crippen LogP contribution in [0.1, 0.15) is 39.5 Å². The van der Waals surface area contributed by atoms with Crippen molar-refractivity contribution in [2.45, 2.75) is 39.5 Å². The van der Waals surface area contributed by atoms with E-state index in [0.29, 0.717) is 0 Å². The molecule has 0 bridgehead atoms. The molecule has 1 aliphatic carbocycles. The molecule has 0 aromatic heterocycles. The van der Waals surface area contributed by atoms with Crippen LogP contribution in [0.25, 0.3) is 0 Å². The fraction of sp³-hybridized carbons (Fsp3) is 0.800. The third-order valence-corrected chi connectivity index (χ3v) is 2.46. The summed E-state index contributed by atoms with van der Waals surface area (Å²) in [5, 5.41) is 0. The van der Waals surface area contributed by atoms with Crippen LogP contribution in [0.15, 0.2) is 12.2 Å². The topological polar surface area (TPSA) is 0 Å². The molecule has 0 heterocycles. The molecule has 1 saturated carbocycles. The van der Waals surface area contributed by atoms with Gasteiger partial charge in [0.2, 0.25) is 0 Å². The quantitative estimate of drug-likeness (QED) is 0.412. The van der Waals surface area contributed by atoms with Crippen LogP contribution in [-0.2, 0) is 0 Å². The Bertz CT molecular complexity index is 113.